The van der Waals surface area contributed by atoms with E-state index in [0.717, 1.165) is 0 Å². The first kappa shape index (κ1) is 22.4. The Kier molecular flexibility index (Phi) is 7.75. The molecule has 6 nitrogen and oxygen atoms in total. The highest BCUT2D eigenvalue weighted by Crippen LogP contribution is 2.20. The number of alkyl halides is 2. The van der Waals surface area contributed by atoms with Crippen molar-refractivity contribution in [2.24, 2.45) is 5.92 Å². The molecule has 0 spiro atoms. The van der Waals surface area contributed by atoms with Crippen molar-refractivity contribution in [2.45, 2.75) is 46.6 Å². The standard InChI is InChI=1S/C21H25F2N3O3/c1-12(2)18(27)9-17-8-15(5-6-24-17)20(28)26-14(4)16-7-13(3)21(25-10-16)29-11-19(22)23/h5-8,10,12,14,19H,9,11H2,1-4H3,(H,26,28). The normalized spacial score (nSPS) is 12.1. The predicted octanol–water partition coefficient (Wildman–Crippen LogP) is 3.69. The fourth-order valence-electron chi connectivity index (χ4n) is 2.58. The van der Waals surface area contributed by atoms with E-state index in [-0.39, 0.29) is 36.0 Å². The van der Waals surface area contributed by atoms with Gasteiger partial charge in [0, 0.05) is 41.6 Å². The van der Waals surface area contributed by atoms with Gasteiger partial charge in [-0.15, -0.1) is 0 Å². The summed E-state index contributed by atoms with van der Waals surface area (Å²) >= 11 is 0. The minimum absolute atomic E-state index is 0.0547. The summed E-state index contributed by atoms with van der Waals surface area (Å²) in [6, 6.07) is 4.55. The summed E-state index contributed by atoms with van der Waals surface area (Å²) in [6.45, 7) is 6.41. The quantitative estimate of drug-likeness (QED) is 0.688. The Morgan fingerprint density at radius 1 is 1.17 bits per heavy atom. The van der Waals surface area contributed by atoms with Crippen LogP contribution in [0.25, 0.3) is 0 Å². The van der Waals surface area contributed by atoms with Gasteiger partial charge in [0.05, 0.1) is 6.04 Å². The van der Waals surface area contributed by atoms with Gasteiger partial charge in [0.1, 0.15) is 5.78 Å². The molecule has 0 aliphatic heterocycles. The molecule has 8 heteroatoms. The van der Waals surface area contributed by atoms with Gasteiger partial charge in [-0.25, -0.2) is 13.8 Å². The molecule has 2 rings (SSSR count). The van der Waals surface area contributed by atoms with Crippen LogP contribution < -0.4 is 10.1 Å². The second kappa shape index (κ2) is 10.0. The number of ether oxygens (including phenoxy) is 1. The van der Waals surface area contributed by atoms with Crippen molar-refractivity contribution in [3.63, 3.8) is 0 Å². The molecule has 0 fully saturated rings. The van der Waals surface area contributed by atoms with Crippen LogP contribution in [0, 0.1) is 12.8 Å². The van der Waals surface area contributed by atoms with Crippen LogP contribution in [0.15, 0.2) is 30.6 Å². The van der Waals surface area contributed by atoms with Crippen molar-refractivity contribution in [2.75, 3.05) is 6.61 Å². The van der Waals surface area contributed by atoms with E-state index in [0.29, 0.717) is 22.4 Å². The zero-order chi connectivity index (χ0) is 21.6. The highest BCUT2D eigenvalue weighted by atomic mass is 19.3. The molecule has 0 aliphatic rings. The molecule has 1 N–H and O–H groups in total. The van der Waals surface area contributed by atoms with Gasteiger partial charge >= 0.3 is 0 Å². The number of nitrogens with zero attached hydrogens (tertiary/aromatic N) is 2. The maximum atomic E-state index is 12.6. The summed E-state index contributed by atoms with van der Waals surface area (Å²) in [5.74, 6) is -0.216. The fourth-order valence-corrected chi connectivity index (χ4v) is 2.58. The molecule has 0 saturated carbocycles. The third-order valence-electron chi connectivity index (χ3n) is 4.32. The molecule has 1 unspecified atom stereocenters. The lowest BCUT2D eigenvalue weighted by Crippen LogP contribution is -2.27. The lowest BCUT2D eigenvalue weighted by Gasteiger charge is -2.16. The topological polar surface area (TPSA) is 81.2 Å². The van der Waals surface area contributed by atoms with E-state index in [1.54, 1.807) is 32.0 Å². The molecule has 2 aromatic rings. The average Bonchev–Trinajstić information content (AvgIpc) is 2.66. The van der Waals surface area contributed by atoms with E-state index >= 15 is 0 Å². The summed E-state index contributed by atoms with van der Waals surface area (Å²) in [5.41, 5.74) is 2.26. The summed E-state index contributed by atoms with van der Waals surface area (Å²) in [4.78, 5) is 32.7. The SMILES string of the molecule is Cc1cc(C(C)NC(=O)c2ccnc(CC(=O)C(C)C)c2)cnc1OCC(F)F. The molecular formula is C21H25F2N3O3. The van der Waals surface area contributed by atoms with E-state index in [1.165, 1.54) is 12.4 Å². The van der Waals surface area contributed by atoms with Crippen LogP contribution in [0.1, 0.15) is 54.0 Å². The Bertz CT molecular complexity index is 872. The Hall–Kier alpha value is -2.90. The number of halogens is 2. The van der Waals surface area contributed by atoms with Crippen LogP contribution >= 0.6 is 0 Å². The summed E-state index contributed by atoms with van der Waals surface area (Å²) in [6.07, 6.45) is 0.592. The molecule has 0 aliphatic carbocycles. The molecule has 0 bridgehead atoms. The van der Waals surface area contributed by atoms with Crippen molar-refractivity contribution < 1.29 is 23.1 Å². The summed E-state index contributed by atoms with van der Waals surface area (Å²) in [5, 5.41) is 2.86. The molecule has 156 valence electrons. The fraction of sp³-hybridized carbons (Fsp3) is 0.429. The number of hydrogen-bond acceptors (Lipinski definition) is 5. The number of rotatable bonds is 9. The van der Waals surface area contributed by atoms with Gasteiger partial charge in [-0.2, -0.15) is 0 Å². The Labute approximate surface area is 168 Å². The molecule has 29 heavy (non-hydrogen) atoms. The number of pyridine rings is 2. The van der Waals surface area contributed by atoms with Crippen molar-refractivity contribution in [1.29, 1.82) is 0 Å². The maximum Gasteiger partial charge on any atom is 0.272 e. The Balaban J connectivity index is 2.05. The number of carbonyl (C=O) groups excluding carboxylic acids is 2. The van der Waals surface area contributed by atoms with Crippen molar-refractivity contribution in [3.8, 4) is 5.88 Å². The van der Waals surface area contributed by atoms with E-state index in [4.69, 9.17) is 4.74 Å². The number of ketones is 1. The van der Waals surface area contributed by atoms with Crippen LogP contribution in [0.5, 0.6) is 5.88 Å². The monoisotopic (exact) mass is 405 g/mol. The number of amides is 1. The number of carbonyl (C=O) groups is 2. The zero-order valence-corrected chi connectivity index (χ0v) is 16.9. The van der Waals surface area contributed by atoms with Crippen molar-refractivity contribution in [1.82, 2.24) is 15.3 Å². The maximum absolute atomic E-state index is 12.6. The third-order valence-corrected chi connectivity index (χ3v) is 4.32. The molecule has 0 saturated heterocycles. The predicted molar refractivity (Wildman–Crippen MR) is 104 cm³/mol. The largest absolute Gasteiger partial charge is 0.471 e. The molecule has 1 amide bonds. The smallest absolute Gasteiger partial charge is 0.272 e. The second-order valence-electron chi connectivity index (χ2n) is 7.12. The summed E-state index contributed by atoms with van der Waals surface area (Å²) in [7, 11) is 0. The van der Waals surface area contributed by atoms with Gasteiger partial charge in [0.25, 0.3) is 12.3 Å². The average molecular weight is 405 g/mol. The number of aromatic nitrogens is 2. The number of aryl methyl sites for hydroxylation is 1. The summed E-state index contributed by atoms with van der Waals surface area (Å²) < 4.78 is 29.5. The van der Waals surface area contributed by atoms with Gasteiger partial charge in [0.2, 0.25) is 5.88 Å². The molecule has 0 radical (unpaired) electrons. The van der Waals surface area contributed by atoms with Crippen molar-refractivity contribution in [3.05, 3.63) is 53.0 Å². The van der Waals surface area contributed by atoms with Gasteiger partial charge in [-0.1, -0.05) is 13.8 Å². The van der Waals surface area contributed by atoms with E-state index in [9.17, 15) is 18.4 Å². The molecule has 2 aromatic heterocycles. The van der Waals surface area contributed by atoms with Gasteiger partial charge in [-0.05, 0) is 37.6 Å². The van der Waals surface area contributed by atoms with Gasteiger partial charge in [-0.3, -0.25) is 14.6 Å². The van der Waals surface area contributed by atoms with Crippen LogP contribution in [0.2, 0.25) is 0 Å². The first-order chi connectivity index (χ1) is 13.7. The Morgan fingerprint density at radius 2 is 1.90 bits per heavy atom. The lowest BCUT2D eigenvalue weighted by molar-refractivity contribution is -0.121. The molecular weight excluding hydrogens is 380 g/mol. The number of Topliss-reactive ketones (excluding diaryl/α,β-unsaturated/α-hetero) is 1. The van der Waals surface area contributed by atoms with Gasteiger partial charge < -0.3 is 10.1 Å². The van der Waals surface area contributed by atoms with Crippen LogP contribution in [-0.4, -0.2) is 34.7 Å². The van der Waals surface area contributed by atoms with Crippen LogP contribution in [-0.2, 0) is 11.2 Å². The highest BCUT2D eigenvalue weighted by Gasteiger charge is 2.16. The van der Waals surface area contributed by atoms with E-state index < -0.39 is 13.0 Å². The van der Waals surface area contributed by atoms with Crippen LogP contribution in [0.4, 0.5) is 8.78 Å². The molecule has 0 aromatic carbocycles. The number of nitrogens with one attached hydrogen (secondary N) is 1. The zero-order valence-electron chi connectivity index (χ0n) is 16.9. The van der Waals surface area contributed by atoms with E-state index in [2.05, 4.69) is 15.3 Å². The third kappa shape index (κ3) is 6.58. The highest BCUT2D eigenvalue weighted by molar-refractivity contribution is 5.94. The molecule has 1 atom stereocenters. The Morgan fingerprint density at radius 3 is 2.52 bits per heavy atom. The van der Waals surface area contributed by atoms with Gasteiger partial charge in [0.15, 0.2) is 6.61 Å². The second-order valence-corrected chi connectivity index (χ2v) is 7.12. The molecule has 2 heterocycles. The lowest BCUT2D eigenvalue weighted by atomic mass is 10.0. The van der Waals surface area contributed by atoms with E-state index in [1.807, 2.05) is 13.8 Å². The van der Waals surface area contributed by atoms with Crippen molar-refractivity contribution >= 4 is 11.7 Å². The minimum atomic E-state index is -2.57. The first-order valence-corrected chi connectivity index (χ1v) is 9.33. The first-order valence-electron chi connectivity index (χ1n) is 9.33. The number of hydrogen-bond donors (Lipinski definition) is 1. The van der Waals surface area contributed by atoms with Crippen LogP contribution in [0.3, 0.4) is 0 Å². The minimum Gasteiger partial charge on any atom is -0.471 e.